The molecule has 0 saturated carbocycles. The van der Waals surface area contributed by atoms with E-state index in [4.69, 9.17) is 12.3 Å². The molecule has 4 aromatic rings. The van der Waals surface area contributed by atoms with E-state index in [1.807, 2.05) is 56.3 Å². The summed E-state index contributed by atoms with van der Waals surface area (Å²) in [6, 6.07) is 15.6. The van der Waals surface area contributed by atoms with Crippen LogP contribution in [0.5, 0.6) is 0 Å². The zero-order valence-corrected chi connectivity index (χ0v) is 15.1. The molecule has 0 radical (unpaired) electrons. The van der Waals surface area contributed by atoms with Crippen LogP contribution in [0.15, 0.2) is 54.9 Å². The maximum Gasteiger partial charge on any atom is 0.200 e. The highest BCUT2D eigenvalue weighted by molar-refractivity contribution is 5.95. The first-order chi connectivity index (χ1) is 13.1. The Morgan fingerprint density at radius 1 is 0.926 bits per heavy atom. The number of hydrogen-bond donors (Lipinski definition) is 1. The van der Waals surface area contributed by atoms with Crippen LogP contribution in [0.25, 0.3) is 38.1 Å². The first-order valence-corrected chi connectivity index (χ1v) is 8.53. The lowest BCUT2D eigenvalue weighted by molar-refractivity contribution is 1.15. The molecule has 2 N–H and O–H groups in total. The standard InChI is InChI=1S/C22H17N5/c1-13-4-6-15(7-5-13)22-21(19(24-3)11-20(23)27-22)16-8-9-18-17(10-16)14(2)25-12-26-18/h4-12H,1-2H3,(H2,23,27). The van der Waals surface area contributed by atoms with Gasteiger partial charge in [-0.15, -0.1) is 0 Å². The number of nitrogens with two attached hydrogens (primary N) is 1. The quantitative estimate of drug-likeness (QED) is 0.510. The van der Waals surface area contributed by atoms with Gasteiger partial charge in [0.25, 0.3) is 0 Å². The van der Waals surface area contributed by atoms with Crippen molar-refractivity contribution in [2.24, 2.45) is 0 Å². The molecule has 0 bridgehead atoms. The SMILES string of the molecule is [C-]#[N+]c1cc(N)nc(-c2ccc(C)cc2)c1-c1ccc2ncnc(C)c2c1. The summed E-state index contributed by atoms with van der Waals surface area (Å²) in [5.74, 6) is 0.334. The fourth-order valence-electron chi connectivity index (χ4n) is 3.19. The van der Waals surface area contributed by atoms with E-state index in [0.29, 0.717) is 17.2 Å². The average molecular weight is 351 g/mol. The van der Waals surface area contributed by atoms with Gasteiger partial charge in [-0.25, -0.2) is 19.8 Å². The van der Waals surface area contributed by atoms with E-state index in [9.17, 15) is 0 Å². The molecule has 4 rings (SSSR count). The fourth-order valence-corrected chi connectivity index (χ4v) is 3.19. The molecule has 0 amide bonds. The molecule has 2 aromatic carbocycles. The molecule has 2 heterocycles. The summed E-state index contributed by atoms with van der Waals surface area (Å²) in [5, 5.41) is 0.956. The summed E-state index contributed by atoms with van der Waals surface area (Å²) in [6.07, 6.45) is 1.56. The van der Waals surface area contributed by atoms with Crippen LogP contribution < -0.4 is 5.73 Å². The molecule has 0 fully saturated rings. The largest absolute Gasteiger partial charge is 0.385 e. The van der Waals surface area contributed by atoms with Crippen molar-refractivity contribution in [3.63, 3.8) is 0 Å². The van der Waals surface area contributed by atoms with Crippen LogP contribution in [0.2, 0.25) is 0 Å². The maximum absolute atomic E-state index is 7.65. The van der Waals surface area contributed by atoms with E-state index in [0.717, 1.165) is 38.9 Å². The molecule has 130 valence electrons. The van der Waals surface area contributed by atoms with Gasteiger partial charge >= 0.3 is 0 Å². The molecule has 0 aliphatic carbocycles. The Balaban J connectivity index is 2.03. The van der Waals surface area contributed by atoms with Crippen LogP contribution in [-0.2, 0) is 0 Å². The Labute approximate surface area is 157 Å². The molecular formula is C22H17N5. The smallest absolute Gasteiger partial charge is 0.200 e. The van der Waals surface area contributed by atoms with Gasteiger partial charge in [0.2, 0.25) is 5.69 Å². The number of aromatic nitrogens is 3. The first-order valence-electron chi connectivity index (χ1n) is 8.53. The monoisotopic (exact) mass is 351 g/mol. The Hall–Kier alpha value is -3.78. The van der Waals surface area contributed by atoms with Crippen LogP contribution in [-0.4, -0.2) is 15.0 Å². The van der Waals surface area contributed by atoms with E-state index >= 15 is 0 Å². The van der Waals surface area contributed by atoms with Gasteiger partial charge in [-0.3, -0.25) is 0 Å². The molecule has 0 spiro atoms. The molecule has 27 heavy (non-hydrogen) atoms. The number of pyridine rings is 1. The summed E-state index contributed by atoms with van der Waals surface area (Å²) >= 11 is 0. The van der Waals surface area contributed by atoms with Crippen molar-refractivity contribution in [3.8, 4) is 22.4 Å². The lowest BCUT2D eigenvalue weighted by Crippen LogP contribution is -1.96. The minimum atomic E-state index is 0.334. The number of aryl methyl sites for hydroxylation is 2. The van der Waals surface area contributed by atoms with Gasteiger partial charge in [0.1, 0.15) is 12.1 Å². The highest BCUT2D eigenvalue weighted by atomic mass is 14.9. The highest BCUT2D eigenvalue weighted by Crippen LogP contribution is 2.40. The predicted octanol–water partition coefficient (Wildman–Crippen LogP) is 5.11. The summed E-state index contributed by atoms with van der Waals surface area (Å²) < 4.78 is 0. The van der Waals surface area contributed by atoms with Crippen molar-refractivity contribution in [1.29, 1.82) is 0 Å². The van der Waals surface area contributed by atoms with Crippen molar-refractivity contribution < 1.29 is 0 Å². The molecular weight excluding hydrogens is 334 g/mol. The molecule has 0 unspecified atom stereocenters. The number of anilines is 1. The highest BCUT2D eigenvalue weighted by Gasteiger charge is 2.16. The maximum atomic E-state index is 7.65. The number of rotatable bonds is 2. The minimum absolute atomic E-state index is 0.334. The summed E-state index contributed by atoms with van der Waals surface area (Å²) in [5.41, 5.74) is 12.7. The lowest BCUT2D eigenvalue weighted by atomic mass is 9.95. The van der Waals surface area contributed by atoms with E-state index in [2.05, 4.69) is 19.8 Å². The number of nitrogen functional groups attached to an aromatic ring is 1. The third-order valence-corrected chi connectivity index (χ3v) is 4.59. The Morgan fingerprint density at radius 2 is 1.67 bits per heavy atom. The Kier molecular flexibility index (Phi) is 4.02. The summed E-state index contributed by atoms with van der Waals surface area (Å²) in [4.78, 5) is 16.9. The molecule has 0 aliphatic heterocycles. The van der Waals surface area contributed by atoms with Gasteiger partial charge in [-0.2, -0.15) is 0 Å². The van der Waals surface area contributed by atoms with Gasteiger partial charge in [0, 0.05) is 16.6 Å². The van der Waals surface area contributed by atoms with Gasteiger partial charge in [0.15, 0.2) is 0 Å². The lowest BCUT2D eigenvalue weighted by Gasteiger charge is -2.14. The Bertz CT molecular complexity index is 1200. The molecule has 0 saturated heterocycles. The van der Waals surface area contributed by atoms with Gasteiger partial charge in [0.05, 0.1) is 17.8 Å². The zero-order valence-electron chi connectivity index (χ0n) is 15.1. The molecule has 0 aliphatic rings. The number of fused-ring (bicyclic) bond motifs is 1. The number of benzene rings is 2. The number of nitrogens with zero attached hydrogens (tertiary/aromatic N) is 4. The fraction of sp³-hybridized carbons (Fsp3) is 0.0909. The topological polar surface area (TPSA) is 69.0 Å². The van der Waals surface area contributed by atoms with Crippen LogP contribution >= 0.6 is 0 Å². The molecule has 2 aromatic heterocycles. The predicted molar refractivity (Wildman–Crippen MR) is 108 cm³/mol. The van der Waals surface area contributed by atoms with E-state index in [1.54, 1.807) is 12.4 Å². The van der Waals surface area contributed by atoms with Crippen molar-refractivity contribution in [1.82, 2.24) is 15.0 Å². The van der Waals surface area contributed by atoms with E-state index < -0.39 is 0 Å². The Morgan fingerprint density at radius 3 is 2.41 bits per heavy atom. The minimum Gasteiger partial charge on any atom is -0.385 e. The van der Waals surface area contributed by atoms with Gasteiger partial charge in [-0.1, -0.05) is 35.9 Å². The molecule has 0 atom stereocenters. The van der Waals surface area contributed by atoms with Crippen molar-refractivity contribution >= 4 is 22.4 Å². The van der Waals surface area contributed by atoms with Crippen LogP contribution in [0.1, 0.15) is 11.3 Å². The van der Waals surface area contributed by atoms with Crippen molar-refractivity contribution in [2.45, 2.75) is 13.8 Å². The molecule has 5 heteroatoms. The van der Waals surface area contributed by atoms with Gasteiger partial charge < -0.3 is 5.73 Å². The second-order valence-corrected chi connectivity index (χ2v) is 6.46. The average Bonchev–Trinajstić information content (AvgIpc) is 2.68. The second-order valence-electron chi connectivity index (χ2n) is 6.46. The zero-order chi connectivity index (χ0) is 19.0. The molecule has 5 nitrogen and oxygen atoms in total. The van der Waals surface area contributed by atoms with Crippen LogP contribution in [0.4, 0.5) is 11.5 Å². The van der Waals surface area contributed by atoms with E-state index in [-0.39, 0.29) is 0 Å². The third kappa shape index (κ3) is 2.98. The van der Waals surface area contributed by atoms with Crippen LogP contribution in [0, 0.1) is 20.4 Å². The van der Waals surface area contributed by atoms with Gasteiger partial charge in [-0.05, 0) is 43.2 Å². The first kappa shape index (κ1) is 16.7. The van der Waals surface area contributed by atoms with Crippen molar-refractivity contribution in [3.05, 3.63) is 77.5 Å². The van der Waals surface area contributed by atoms with Crippen molar-refractivity contribution in [2.75, 3.05) is 5.73 Å². The third-order valence-electron chi connectivity index (χ3n) is 4.59. The summed E-state index contributed by atoms with van der Waals surface area (Å²) in [7, 11) is 0. The summed E-state index contributed by atoms with van der Waals surface area (Å²) in [6.45, 7) is 11.6. The number of hydrogen-bond acceptors (Lipinski definition) is 4. The normalized spacial score (nSPS) is 10.7. The second kappa shape index (κ2) is 6.50. The van der Waals surface area contributed by atoms with E-state index in [1.165, 1.54) is 0 Å². The van der Waals surface area contributed by atoms with Crippen LogP contribution in [0.3, 0.4) is 0 Å².